The molecule has 3 aromatic heterocycles. The van der Waals surface area contributed by atoms with Crippen LogP contribution in [0.5, 0.6) is 5.88 Å². The predicted molar refractivity (Wildman–Crippen MR) is 167 cm³/mol. The predicted octanol–water partition coefficient (Wildman–Crippen LogP) is 7.04. The number of rotatable bonds is 9. The number of carbonyl (C=O) groups is 1. The highest BCUT2D eigenvalue weighted by Crippen LogP contribution is 2.38. The topological polar surface area (TPSA) is 91.9 Å². The molecule has 0 bridgehead atoms. The van der Waals surface area contributed by atoms with Crippen LogP contribution in [0.1, 0.15) is 63.9 Å². The summed E-state index contributed by atoms with van der Waals surface area (Å²) in [5.74, 6) is 1.62. The number of ether oxygens (including phenoxy) is 3. The van der Waals surface area contributed by atoms with Gasteiger partial charge < -0.3 is 23.2 Å². The number of carbonyl (C=O) groups excluding carboxylic acids is 1. The lowest BCUT2D eigenvalue weighted by atomic mass is 9.93. The zero-order valence-electron chi connectivity index (χ0n) is 26.2. The van der Waals surface area contributed by atoms with E-state index < -0.39 is 11.7 Å². The van der Waals surface area contributed by atoms with Gasteiger partial charge in [0.2, 0.25) is 5.88 Å². The number of imidazole rings is 1. The molecular weight excluding hydrogens is 613 g/mol. The fraction of sp³-hybridized carbons (Fsp3) is 0.400. The third-order valence-electron chi connectivity index (χ3n) is 9.11. The first kappa shape index (κ1) is 31.2. The number of aryl methyl sites for hydroxylation is 1. The summed E-state index contributed by atoms with van der Waals surface area (Å²) in [6, 6.07) is 15.0. The van der Waals surface area contributed by atoms with E-state index in [2.05, 4.69) is 9.47 Å². The molecule has 0 N–H and O–H groups in total. The van der Waals surface area contributed by atoms with Crippen LogP contribution >= 0.6 is 0 Å². The SMILES string of the molecule is COC(=O)c1ccc2nc(CN3CCC(c4cccc(OCc5ccc(C(F)(F)F)c6cc(C)oc56)n4)CC3)n(C[C@@H]3CCO3)c2c1. The van der Waals surface area contributed by atoms with Crippen LogP contribution in [0.15, 0.2) is 59.0 Å². The number of furan rings is 1. The van der Waals surface area contributed by atoms with Crippen molar-refractivity contribution in [3.05, 3.63) is 88.6 Å². The summed E-state index contributed by atoms with van der Waals surface area (Å²) in [6.45, 7) is 5.49. The van der Waals surface area contributed by atoms with Crippen LogP contribution < -0.4 is 4.74 Å². The van der Waals surface area contributed by atoms with Gasteiger partial charge in [0.1, 0.15) is 23.8 Å². The maximum Gasteiger partial charge on any atom is 0.417 e. The lowest BCUT2D eigenvalue weighted by molar-refractivity contribution is -0.136. The number of piperidine rings is 1. The zero-order valence-corrected chi connectivity index (χ0v) is 26.2. The van der Waals surface area contributed by atoms with E-state index in [1.807, 2.05) is 24.3 Å². The molecule has 5 heterocycles. The molecule has 2 aliphatic heterocycles. The summed E-state index contributed by atoms with van der Waals surface area (Å²) in [7, 11) is 1.38. The average molecular weight is 649 g/mol. The van der Waals surface area contributed by atoms with Gasteiger partial charge in [0.15, 0.2) is 0 Å². The fourth-order valence-corrected chi connectivity index (χ4v) is 6.51. The molecule has 0 spiro atoms. The zero-order chi connectivity index (χ0) is 32.7. The molecular formula is C35H35F3N4O5. The van der Waals surface area contributed by atoms with Crippen LogP contribution in [-0.2, 0) is 35.3 Å². The highest BCUT2D eigenvalue weighted by Gasteiger charge is 2.34. The van der Waals surface area contributed by atoms with Crippen molar-refractivity contribution in [1.29, 1.82) is 0 Å². The number of nitrogens with zero attached hydrogens (tertiary/aromatic N) is 4. The molecule has 7 rings (SSSR count). The summed E-state index contributed by atoms with van der Waals surface area (Å²) in [6.07, 6.45) is -1.54. The number of aromatic nitrogens is 3. The number of likely N-dealkylation sites (tertiary alicyclic amines) is 1. The number of fused-ring (bicyclic) bond motifs is 2. The first-order chi connectivity index (χ1) is 22.7. The molecule has 9 nitrogen and oxygen atoms in total. The fourth-order valence-electron chi connectivity index (χ4n) is 6.51. The Morgan fingerprint density at radius 2 is 1.85 bits per heavy atom. The number of alkyl halides is 3. The van der Waals surface area contributed by atoms with Gasteiger partial charge in [-0.3, -0.25) is 4.90 Å². The first-order valence-corrected chi connectivity index (χ1v) is 15.8. The number of esters is 1. The average Bonchev–Trinajstić information content (AvgIpc) is 3.60. The molecule has 0 saturated carbocycles. The lowest BCUT2D eigenvalue weighted by Crippen LogP contribution is -2.35. The Hall–Kier alpha value is -4.42. The van der Waals surface area contributed by atoms with Gasteiger partial charge in [-0.15, -0.1) is 0 Å². The normalized spacial score (nSPS) is 17.7. The summed E-state index contributed by atoms with van der Waals surface area (Å²) in [4.78, 5) is 24.3. The Balaban J connectivity index is 1.01. The monoisotopic (exact) mass is 648 g/mol. The molecule has 246 valence electrons. The Labute approximate surface area is 269 Å². The Bertz CT molecular complexity index is 1920. The van der Waals surface area contributed by atoms with Crippen molar-refractivity contribution < 1.29 is 36.6 Å². The Kier molecular flexibility index (Phi) is 8.39. The molecule has 1 atom stereocenters. The number of methoxy groups -OCH3 is 1. The van der Waals surface area contributed by atoms with Gasteiger partial charge in [-0.05, 0) is 75.7 Å². The molecule has 12 heteroatoms. The van der Waals surface area contributed by atoms with E-state index in [9.17, 15) is 18.0 Å². The Morgan fingerprint density at radius 3 is 2.57 bits per heavy atom. The van der Waals surface area contributed by atoms with Gasteiger partial charge in [-0.25, -0.2) is 14.8 Å². The van der Waals surface area contributed by atoms with E-state index in [-0.39, 0.29) is 35.6 Å². The number of pyridine rings is 1. The largest absolute Gasteiger partial charge is 0.473 e. The molecule has 2 aromatic carbocycles. The first-order valence-electron chi connectivity index (χ1n) is 15.8. The molecule has 5 aromatic rings. The van der Waals surface area contributed by atoms with Crippen LogP contribution in [0.3, 0.4) is 0 Å². The van der Waals surface area contributed by atoms with Crippen molar-refractivity contribution in [2.45, 2.75) is 64.1 Å². The van der Waals surface area contributed by atoms with Crippen molar-refractivity contribution in [3.8, 4) is 5.88 Å². The Morgan fingerprint density at radius 1 is 1.04 bits per heavy atom. The highest BCUT2D eigenvalue weighted by molar-refractivity contribution is 5.93. The minimum atomic E-state index is -4.48. The van der Waals surface area contributed by atoms with E-state index in [1.165, 1.54) is 19.2 Å². The van der Waals surface area contributed by atoms with Crippen LogP contribution in [0.4, 0.5) is 13.2 Å². The maximum absolute atomic E-state index is 13.5. The van der Waals surface area contributed by atoms with Crippen LogP contribution in [-0.4, -0.2) is 58.3 Å². The molecule has 0 radical (unpaired) electrons. The standard InChI is InChI=1S/C35H35F3N4O5/c1-21-16-26-27(35(36,37)38)8-6-24(33(26)47-21)20-46-32-5-3-4-28(40-32)22-10-13-41(14-11-22)19-31-39-29-9-7-23(34(43)44-2)17-30(29)42(31)18-25-12-15-45-25/h3-9,16-17,22,25H,10-15,18-20H2,1-2H3/t25-/m0/s1. The molecule has 2 aliphatic rings. The van der Waals surface area contributed by atoms with E-state index in [4.69, 9.17) is 28.6 Å². The number of hydrogen-bond acceptors (Lipinski definition) is 8. The third-order valence-corrected chi connectivity index (χ3v) is 9.11. The summed E-state index contributed by atoms with van der Waals surface area (Å²) in [5.41, 5.74) is 3.13. The van der Waals surface area contributed by atoms with Crippen molar-refractivity contribution in [1.82, 2.24) is 19.4 Å². The molecule has 2 saturated heterocycles. The van der Waals surface area contributed by atoms with Crippen molar-refractivity contribution in [2.24, 2.45) is 0 Å². The maximum atomic E-state index is 13.5. The van der Waals surface area contributed by atoms with Crippen LogP contribution in [0, 0.1) is 6.92 Å². The van der Waals surface area contributed by atoms with Crippen LogP contribution in [0.2, 0.25) is 0 Å². The highest BCUT2D eigenvalue weighted by atomic mass is 19.4. The van der Waals surface area contributed by atoms with Crippen molar-refractivity contribution >= 4 is 28.0 Å². The minimum Gasteiger partial charge on any atom is -0.473 e. The molecule has 0 aliphatic carbocycles. The van der Waals surface area contributed by atoms with Gasteiger partial charge >= 0.3 is 12.1 Å². The second-order valence-corrected chi connectivity index (χ2v) is 12.2. The minimum absolute atomic E-state index is 0.0300. The molecule has 2 fully saturated rings. The van der Waals surface area contributed by atoms with E-state index >= 15 is 0 Å². The van der Waals surface area contributed by atoms with Gasteiger partial charge in [-0.2, -0.15) is 13.2 Å². The number of halogens is 3. The second-order valence-electron chi connectivity index (χ2n) is 12.2. The third kappa shape index (κ3) is 6.44. The van der Waals surface area contributed by atoms with Gasteiger partial charge in [0, 0.05) is 35.2 Å². The number of benzene rings is 2. The van der Waals surface area contributed by atoms with Gasteiger partial charge in [0.05, 0.1) is 48.5 Å². The van der Waals surface area contributed by atoms with Crippen molar-refractivity contribution in [3.63, 3.8) is 0 Å². The molecule has 0 unspecified atom stereocenters. The lowest BCUT2D eigenvalue weighted by Gasteiger charge is -2.32. The van der Waals surface area contributed by atoms with E-state index in [0.29, 0.717) is 35.9 Å². The summed E-state index contributed by atoms with van der Waals surface area (Å²) < 4.78 is 65.0. The van der Waals surface area contributed by atoms with E-state index in [1.54, 1.807) is 19.1 Å². The van der Waals surface area contributed by atoms with Crippen molar-refractivity contribution in [2.75, 3.05) is 26.8 Å². The van der Waals surface area contributed by atoms with Gasteiger partial charge in [-0.1, -0.05) is 12.1 Å². The van der Waals surface area contributed by atoms with E-state index in [0.717, 1.165) is 67.6 Å². The van der Waals surface area contributed by atoms with Crippen LogP contribution in [0.25, 0.3) is 22.0 Å². The summed E-state index contributed by atoms with van der Waals surface area (Å²) >= 11 is 0. The van der Waals surface area contributed by atoms with Gasteiger partial charge in [0.25, 0.3) is 0 Å². The second kappa shape index (κ2) is 12.6. The quantitative estimate of drug-likeness (QED) is 0.157. The summed E-state index contributed by atoms with van der Waals surface area (Å²) in [5, 5.41) is 0.0300. The smallest absolute Gasteiger partial charge is 0.417 e. The number of hydrogen-bond donors (Lipinski definition) is 0. The molecule has 0 amide bonds. The molecule has 47 heavy (non-hydrogen) atoms.